The van der Waals surface area contributed by atoms with Gasteiger partial charge in [-0.15, -0.1) is 0 Å². The van der Waals surface area contributed by atoms with E-state index in [2.05, 4.69) is 10.1 Å². The summed E-state index contributed by atoms with van der Waals surface area (Å²) in [5, 5.41) is 2.73. The van der Waals surface area contributed by atoms with Crippen LogP contribution in [0.1, 0.15) is 13.8 Å². The molecule has 0 saturated carbocycles. The maximum atomic E-state index is 10.9. The summed E-state index contributed by atoms with van der Waals surface area (Å²) >= 11 is 0. The first kappa shape index (κ1) is 11.9. The van der Waals surface area contributed by atoms with Crippen LogP contribution in [-0.2, 0) is 9.53 Å². The summed E-state index contributed by atoms with van der Waals surface area (Å²) < 4.78 is 4.67. The third kappa shape index (κ3) is 7.28. The van der Waals surface area contributed by atoms with Gasteiger partial charge in [-0.25, -0.2) is 0 Å². The summed E-state index contributed by atoms with van der Waals surface area (Å²) in [5.74, 6) is -0.0873. The Morgan fingerprint density at radius 2 is 2.23 bits per heavy atom. The van der Waals surface area contributed by atoms with Gasteiger partial charge in [0.1, 0.15) is 6.61 Å². The minimum atomic E-state index is -0.0873. The Labute approximate surface area is 79.5 Å². The average molecular weight is 183 g/mol. The first-order valence-electron chi connectivity index (χ1n) is 4.24. The number of nitrogens with one attached hydrogen (secondary N) is 1. The lowest BCUT2D eigenvalue weighted by Gasteiger charge is -2.03. The van der Waals surface area contributed by atoms with Crippen molar-refractivity contribution in [1.29, 1.82) is 0 Å². The Morgan fingerprint density at radius 3 is 2.77 bits per heavy atom. The molecule has 0 atom stereocenters. The second-order valence-corrected chi connectivity index (χ2v) is 2.75. The highest BCUT2D eigenvalue weighted by Crippen LogP contribution is 1.90. The normalized spacial score (nSPS) is 12.1. The molecule has 1 N–H and O–H groups in total. The molecule has 0 bridgehead atoms. The standard InChI is InChI=1S/C10H17NO2/c1-4-5-6-9(2)7-11-10(12)8-13-3/h4-6H,7-8H2,1-3H3,(H,11,12)/b5-4-,9-6+. The number of hydrogen-bond acceptors (Lipinski definition) is 2. The van der Waals surface area contributed by atoms with Gasteiger partial charge in [-0.1, -0.05) is 23.8 Å². The number of rotatable bonds is 5. The van der Waals surface area contributed by atoms with E-state index in [-0.39, 0.29) is 12.5 Å². The number of carbonyl (C=O) groups is 1. The summed E-state index contributed by atoms with van der Waals surface area (Å²) in [6, 6.07) is 0. The fraction of sp³-hybridized carbons (Fsp3) is 0.500. The van der Waals surface area contributed by atoms with E-state index in [1.165, 1.54) is 7.11 Å². The van der Waals surface area contributed by atoms with Crippen LogP contribution < -0.4 is 5.32 Å². The molecule has 3 nitrogen and oxygen atoms in total. The predicted octanol–water partition coefficient (Wildman–Crippen LogP) is 1.27. The highest BCUT2D eigenvalue weighted by Gasteiger charge is 1.97. The Kier molecular flexibility index (Phi) is 6.92. The molecule has 74 valence electrons. The van der Waals surface area contributed by atoms with Crippen molar-refractivity contribution in [3.63, 3.8) is 0 Å². The van der Waals surface area contributed by atoms with E-state index in [4.69, 9.17) is 0 Å². The van der Waals surface area contributed by atoms with Gasteiger partial charge in [0.15, 0.2) is 0 Å². The molecule has 0 rings (SSSR count). The first-order valence-corrected chi connectivity index (χ1v) is 4.24. The molecule has 13 heavy (non-hydrogen) atoms. The van der Waals surface area contributed by atoms with Gasteiger partial charge in [-0.05, 0) is 13.8 Å². The van der Waals surface area contributed by atoms with E-state index in [9.17, 15) is 4.79 Å². The number of carbonyl (C=O) groups excluding carboxylic acids is 1. The summed E-state index contributed by atoms with van der Waals surface area (Å²) in [6.07, 6.45) is 5.85. The van der Waals surface area contributed by atoms with Crippen LogP contribution in [0.2, 0.25) is 0 Å². The number of methoxy groups -OCH3 is 1. The van der Waals surface area contributed by atoms with Crippen molar-refractivity contribution in [2.45, 2.75) is 13.8 Å². The van der Waals surface area contributed by atoms with E-state index < -0.39 is 0 Å². The van der Waals surface area contributed by atoms with Crippen LogP contribution in [0.3, 0.4) is 0 Å². The molecule has 1 amide bonds. The Bertz CT molecular complexity index is 207. The van der Waals surface area contributed by atoms with Crippen molar-refractivity contribution in [3.05, 3.63) is 23.8 Å². The van der Waals surface area contributed by atoms with Gasteiger partial charge in [0.25, 0.3) is 0 Å². The smallest absolute Gasteiger partial charge is 0.246 e. The van der Waals surface area contributed by atoms with E-state index in [1.54, 1.807) is 0 Å². The summed E-state index contributed by atoms with van der Waals surface area (Å²) in [5.41, 5.74) is 1.11. The minimum Gasteiger partial charge on any atom is -0.375 e. The van der Waals surface area contributed by atoms with Crippen LogP contribution in [-0.4, -0.2) is 26.2 Å². The molecule has 0 aliphatic rings. The zero-order valence-corrected chi connectivity index (χ0v) is 8.46. The van der Waals surface area contributed by atoms with Gasteiger partial charge >= 0.3 is 0 Å². The average Bonchev–Trinajstić information content (AvgIpc) is 2.12. The highest BCUT2D eigenvalue weighted by atomic mass is 16.5. The van der Waals surface area contributed by atoms with E-state index in [0.717, 1.165) is 5.57 Å². The molecule has 0 aromatic heterocycles. The number of allylic oxidation sites excluding steroid dienone is 3. The van der Waals surface area contributed by atoms with Crippen molar-refractivity contribution in [2.24, 2.45) is 0 Å². The first-order chi connectivity index (χ1) is 6.20. The third-order valence-electron chi connectivity index (χ3n) is 1.41. The second kappa shape index (κ2) is 7.55. The molecule has 0 aromatic carbocycles. The molecule has 0 heterocycles. The molecule has 0 radical (unpaired) electrons. The lowest BCUT2D eigenvalue weighted by atomic mass is 10.2. The molecule has 0 aromatic rings. The maximum absolute atomic E-state index is 10.9. The molecule has 0 saturated heterocycles. The third-order valence-corrected chi connectivity index (χ3v) is 1.41. The van der Waals surface area contributed by atoms with E-state index >= 15 is 0 Å². The monoisotopic (exact) mass is 183 g/mol. The highest BCUT2D eigenvalue weighted by molar-refractivity contribution is 5.77. The van der Waals surface area contributed by atoms with Crippen molar-refractivity contribution >= 4 is 5.91 Å². The lowest BCUT2D eigenvalue weighted by Crippen LogP contribution is -2.28. The van der Waals surface area contributed by atoms with Crippen LogP contribution >= 0.6 is 0 Å². The molecule has 0 aliphatic heterocycles. The van der Waals surface area contributed by atoms with Crippen LogP contribution in [0.5, 0.6) is 0 Å². The van der Waals surface area contributed by atoms with Crippen molar-refractivity contribution in [1.82, 2.24) is 5.32 Å². The molecular formula is C10H17NO2. The zero-order valence-electron chi connectivity index (χ0n) is 8.46. The molecular weight excluding hydrogens is 166 g/mol. The van der Waals surface area contributed by atoms with Gasteiger partial charge in [-0.3, -0.25) is 4.79 Å². The number of ether oxygens (including phenoxy) is 1. The van der Waals surface area contributed by atoms with Gasteiger partial charge in [0.05, 0.1) is 0 Å². The quantitative estimate of drug-likeness (QED) is 0.652. The number of hydrogen-bond donors (Lipinski definition) is 1. The molecule has 0 spiro atoms. The maximum Gasteiger partial charge on any atom is 0.246 e. The predicted molar refractivity (Wildman–Crippen MR) is 53.5 cm³/mol. The van der Waals surface area contributed by atoms with Crippen LogP contribution in [0.4, 0.5) is 0 Å². The lowest BCUT2D eigenvalue weighted by molar-refractivity contribution is -0.124. The van der Waals surface area contributed by atoms with Crippen molar-refractivity contribution in [3.8, 4) is 0 Å². The SMILES string of the molecule is C/C=C\C=C(/C)CNC(=O)COC. The summed E-state index contributed by atoms with van der Waals surface area (Å²) in [4.78, 5) is 10.9. The minimum absolute atomic E-state index is 0.0873. The molecule has 0 fully saturated rings. The van der Waals surface area contributed by atoms with Gasteiger partial charge < -0.3 is 10.1 Å². The van der Waals surface area contributed by atoms with Crippen molar-refractivity contribution in [2.75, 3.05) is 20.3 Å². The van der Waals surface area contributed by atoms with Crippen LogP contribution in [0.25, 0.3) is 0 Å². The topological polar surface area (TPSA) is 38.3 Å². The Morgan fingerprint density at radius 1 is 1.54 bits per heavy atom. The molecule has 0 unspecified atom stereocenters. The largest absolute Gasteiger partial charge is 0.375 e. The second-order valence-electron chi connectivity index (χ2n) is 2.75. The van der Waals surface area contributed by atoms with Crippen LogP contribution in [0, 0.1) is 0 Å². The van der Waals surface area contributed by atoms with Gasteiger partial charge in [0, 0.05) is 13.7 Å². The Balaban J connectivity index is 3.69. The van der Waals surface area contributed by atoms with Gasteiger partial charge in [0.2, 0.25) is 5.91 Å². The Hall–Kier alpha value is -1.09. The summed E-state index contributed by atoms with van der Waals surface area (Å²) in [7, 11) is 1.50. The summed E-state index contributed by atoms with van der Waals surface area (Å²) in [6.45, 7) is 4.61. The molecule has 3 heteroatoms. The van der Waals surface area contributed by atoms with E-state index in [0.29, 0.717) is 6.54 Å². The van der Waals surface area contributed by atoms with E-state index in [1.807, 2.05) is 32.1 Å². The fourth-order valence-electron chi connectivity index (χ4n) is 0.740. The van der Waals surface area contributed by atoms with Crippen molar-refractivity contribution < 1.29 is 9.53 Å². The molecule has 0 aliphatic carbocycles. The zero-order chi connectivity index (χ0) is 10.1. The fourth-order valence-corrected chi connectivity index (χ4v) is 0.740. The number of amides is 1. The van der Waals surface area contributed by atoms with Crippen LogP contribution in [0.15, 0.2) is 23.8 Å². The van der Waals surface area contributed by atoms with Gasteiger partial charge in [-0.2, -0.15) is 0 Å².